The van der Waals surface area contributed by atoms with Gasteiger partial charge in [0.25, 0.3) is 5.91 Å². The first-order valence-corrected chi connectivity index (χ1v) is 11.0. The van der Waals surface area contributed by atoms with Crippen LogP contribution in [0.3, 0.4) is 0 Å². The third-order valence-corrected chi connectivity index (χ3v) is 5.73. The van der Waals surface area contributed by atoms with Crippen molar-refractivity contribution < 1.29 is 9.59 Å². The van der Waals surface area contributed by atoms with Gasteiger partial charge in [-0.15, -0.1) is 0 Å². The molecule has 5 nitrogen and oxygen atoms in total. The lowest BCUT2D eigenvalue weighted by atomic mass is 10.0. The van der Waals surface area contributed by atoms with Gasteiger partial charge in [0, 0.05) is 43.8 Å². The van der Waals surface area contributed by atoms with Gasteiger partial charge in [-0.1, -0.05) is 56.3 Å². The van der Waals surface area contributed by atoms with Gasteiger partial charge in [0.05, 0.1) is 5.56 Å². The van der Waals surface area contributed by atoms with Gasteiger partial charge in [-0.2, -0.15) is 0 Å². The number of benzene rings is 2. The number of carbonyl (C=O) groups is 2. The fourth-order valence-electron chi connectivity index (χ4n) is 3.86. The number of rotatable bonds is 7. The molecule has 5 heteroatoms. The van der Waals surface area contributed by atoms with Gasteiger partial charge in [-0.25, -0.2) is 0 Å². The summed E-state index contributed by atoms with van der Waals surface area (Å²) in [5, 5.41) is 3.14. The molecule has 0 spiro atoms. The van der Waals surface area contributed by atoms with E-state index in [9.17, 15) is 9.59 Å². The molecule has 3 rings (SSSR count). The van der Waals surface area contributed by atoms with Crippen LogP contribution in [-0.2, 0) is 11.3 Å². The third-order valence-electron chi connectivity index (χ3n) is 5.73. The van der Waals surface area contributed by atoms with Crippen LogP contribution in [0.4, 0.5) is 5.69 Å². The summed E-state index contributed by atoms with van der Waals surface area (Å²) in [5.41, 5.74) is 2.87. The fraction of sp³-hybridized carbons (Fsp3) is 0.440. The number of hydrogen-bond acceptors (Lipinski definition) is 3. The van der Waals surface area contributed by atoms with E-state index in [2.05, 4.69) is 22.3 Å². The molecule has 1 aliphatic rings. The Hall–Kier alpha value is -2.82. The summed E-state index contributed by atoms with van der Waals surface area (Å²) in [4.78, 5) is 29.5. The Labute approximate surface area is 180 Å². The van der Waals surface area contributed by atoms with Crippen LogP contribution in [0.1, 0.15) is 49.5 Å². The molecule has 2 aromatic rings. The van der Waals surface area contributed by atoms with E-state index in [1.807, 2.05) is 68.1 Å². The van der Waals surface area contributed by atoms with Crippen LogP contribution in [0.2, 0.25) is 0 Å². The average molecular weight is 408 g/mol. The SMILES string of the molecule is CCN(Cc1ccccc1)C(=O)c1ccccc1N1CCC(NC(=O)C(C)C)CC1. The fourth-order valence-corrected chi connectivity index (χ4v) is 3.86. The summed E-state index contributed by atoms with van der Waals surface area (Å²) < 4.78 is 0. The highest BCUT2D eigenvalue weighted by molar-refractivity contribution is 5.99. The zero-order valence-corrected chi connectivity index (χ0v) is 18.3. The maximum atomic E-state index is 13.4. The summed E-state index contributed by atoms with van der Waals surface area (Å²) in [6.07, 6.45) is 1.78. The molecular weight excluding hydrogens is 374 g/mol. The first kappa shape index (κ1) is 21.9. The Morgan fingerprint density at radius 3 is 2.30 bits per heavy atom. The quantitative estimate of drug-likeness (QED) is 0.752. The van der Waals surface area contributed by atoms with Gasteiger partial charge in [0.1, 0.15) is 0 Å². The number of carbonyl (C=O) groups excluding carboxylic acids is 2. The third kappa shape index (κ3) is 5.41. The van der Waals surface area contributed by atoms with Crippen molar-refractivity contribution in [2.24, 2.45) is 5.92 Å². The molecule has 0 bridgehead atoms. The van der Waals surface area contributed by atoms with E-state index >= 15 is 0 Å². The second-order valence-electron chi connectivity index (χ2n) is 8.25. The molecule has 2 amide bonds. The molecule has 0 unspecified atom stereocenters. The Bertz CT molecular complexity index is 842. The molecule has 30 heavy (non-hydrogen) atoms. The van der Waals surface area contributed by atoms with E-state index < -0.39 is 0 Å². The van der Waals surface area contributed by atoms with Crippen molar-refractivity contribution in [3.05, 3.63) is 65.7 Å². The van der Waals surface area contributed by atoms with Crippen molar-refractivity contribution in [2.75, 3.05) is 24.5 Å². The zero-order valence-electron chi connectivity index (χ0n) is 18.3. The number of hydrogen-bond donors (Lipinski definition) is 1. The number of piperidine rings is 1. The minimum Gasteiger partial charge on any atom is -0.371 e. The number of amides is 2. The molecule has 0 atom stereocenters. The van der Waals surface area contributed by atoms with Crippen molar-refractivity contribution >= 4 is 17.5 Å². The van der Waals surface area contributed by atoms with E-state index in [-0.39, 0.29) is 23.8 Å². The van der Waals surface area contributed by atoms with Crippen molar-refractivity contribution in [1.82, 2.24) is 10.2 Å². The smallest absolute Gasteiger partial charge is 0.256 e. The monoisotopic (exact) mass is 407 g/mol. The maximum absolute atomic E-state index is 13.4. The largest absolute Gasteiger partial charge is 0.371 e. The topological polar surface area (TPSA) is 52.7 Å². The first-order valence-electron chi connectivity index (χ1n) is 11.0. The van der Waals surface area contributed by atoms with Gasteiger partial charge < -0.3 is 15.1 Å². The standard InChI is InChI=1S/C25H33N3O2/c1-4-27(18-20-10-6-5-7-11-20)25(30)22-12-8-9-13-23(22)28-16-14-21(15-17-28)26-24(29)19(2)3/h5-13,19,21H,4,14-18H2,1-3H3,(H,26,29). The van der Waals surface area contributed by atoms with E-state index in [1.165, 1.54) is 0 Å². The highest BCUT2D eigenvalue weighted by Crippen LogP contribution is 2.26. The molecule has 2 aromatic carbocycles. The zero-order chi connectivity index (χ0) is 21.5. The molecule has 1 saturated heterocycles. The summed E-state index contributed by atoms with van der Waals surface area (Å²) >= 11 is 0. The molecule has 1 aliphatic heterocycles. The van der Waals surface area contributed by atoms with Gasteiger partial charge in [-0.05, 0) is 37.5 Å². The first-order chi connectivity index (χ1) is 14.5. The number of nitrogens with one attached hydrogen (secondary N) is 1. The van der Waals surface area contributed by atoms with Crippen molar-refractivity contribution in [1.29, 1.82) is 0 Å². The molecule has 1 N–H and O–H groups in total. The summed E-state index contributed by atoms with van der Waals surface area (Å²) in [6, 6.07) is 18.2. The van der Waals surface area contributed by atoms with Gasteiger partial charge in [-0.3, -0.25) is 9.59 Å². The maximum Gasteiger partial charge on any atom is 0.256 e. The Kier molecular flexibility index (Phi) is 7.50. The van der Waals surface area contributed by atoms with Crippen LogP contribution in [0, 0.1) is 5.92 Å². The molecule has 0 saturated carbocycles. The lowest BCUT2D eigenvalue weighted by Gasteiger charge is -2.35. The molecule has 0 aromatic heterocycles. The van der Waals surface area contributed by atoms with Crippen LogP contribution < -0.4 is 10.2 Å². The highest BCUT2D eigenvalue weighted by atomic mass is 16.2. The minimum absolute atomic E-state index is 0.00557. The van der Waals surface area contributed by atoms with E-state index in [0.29, 0.717) is 13.1 Å². The average Bonchev–Trinajstić information content (AvgIpc) is 2.78. The van der Waals surface area contributed by atoms with Gasteiger partial charge >= 0.3 is 0 Å². The van der Waals surface area contributed by atoms with Gasteiger partial charge in [0.2, 0.25) is 5.91 Å². The van der Waals surface area contributed by atoms with Crippen molar-refractivity contribution in [3.8, 4) is 0 Å². The Morgan fingerprint density at radius 2 is 1.67 bits per heavy atom. The minimum atomic E-state index is 0.00557. The molecule has 1 fully saturated rings. The van der Waals surface area contributed by atoms with Crippen molar-refractivity contribution in [2.45, 2.75) is 46.2 Å². The van der Waals surface area contributed by atoms with Crippen LogP contribution >= 0.6 is 0 Å². The van der Waals surface area contributed by atoms with Crippen LogP contribution in [-0.4, -0.2) is 42.4 Å². The van der Waals surface area contributed by atoms with Crippen molar-refractivity contribution in [3.63, 3.8) is 0 Å². The second-order valence-corrected chi connectivity index (χ2v) is 8.25. The lowest BCUT2D eigenvalue weighted by Crippen LogP contribution is -2.46. The van der Waals surface area contributed by atoms with Gasteiger partial charge in [0.15, 0.2) is 0 Å². The predicted molar refractivity (Wildman–Crippen MR) is 122 cm³/mol. The Morgan fingerprint density at radius 1 is 1.03 bits per heavy atom. The molecule has 160 valence electrons. The lowest BCUT2D eigenvalue weighted by molar-refractivity contribution is -0.124. The molecule has 1 heterocycles. The second kappa shape index (κ2) is 10.3. The highest BCUT2D eigenvalue weighted by Gasteiger charge is 2.25. The summed E-state index contributed by atoms with van der Waals surface area (Å²) in [5.74, 6) is 0.182. The summed E-state index contributed by atoms with van der Waals surface area (Å²) in [7, 11) is 0. The molecular formula is C25H33N3O2. The van der Waals surface area contributed by atoms with Crippen LogP contribution in [0.5, 0.6) is 0 Å². The number of para-hydroxylation sites is 1. The van der Waals surface area contributed by atoms with E-state index in [1.54, 1.807) is 0 Å². The van der Waals surface area contributed by atoms with Crippen LogP contribution in [0.25, 0.3) is 0 Å². The summed E-state index contributed by atoms with van der Waals surface area (Å²) in [6.45, 7) is 8.78. The Balaban J connectivity index is 1.70. The molecule has 0 aliphatic carbocycles. The number of nitrogens with zero attached hydrogens (tertiary/aromatic N) is 2. The van der Waals surface area contributed by atoms with E-state index in [0.717, 1.165) is 42.7 Å². The molecule has 0 radical (unpaired) electrons. The predicted octanol–water partition coefficient (Wildman–Crippen LogP) is 4.09. The van der Waals surface area contributed by atoms with E-state index in [4.69, 9.17) is 0 Å². The van der Waals surface area contributed by atoms with Crippen LogP contribution in [0.15, 0.2) is 54.6 Å². The normalized spacial score (nSPS) is 14.6. The number of anilines is 1.